The molecule has 0 unspecified atom stereocenters. The Bertz CT molecular complexity index is 628. The van der Waals surface area contributed by atoms with Gasteiger partial charge in [0.2, 0.25) is 0 Å². The Hall–Kier alpha value is -2.36. The Labute approximate surface area is 91.8 Å². The molecule has 2 aromatic heterocycles. The molecule has 3 rings (SSSR count). The van der Waals surface area contributed by atoms with Crippen LogP contribution in [0.15, 0.2) is 48.8 Å². The summed E-state index contributed by atoms with van der Waals surface area (Å²) in [6.07, 6.45) is 3.49. The summed E-state index contributed by atoms with van der Waals surface area (Å²) in [5.41, 5.74) is 2.70. The second kappa shape index (κ2) is 3.34. The van der Waals surface area contributed by atoms with Gasteiger partial charge in [-0.15, -0.1) is 0 Å². The number of hydrogen-bond acceptors (Lipinski definition) is 3. The molecule has 2 heterocycles. The highest BCUT2D eigenvalue weighted by Crippen LogP contribution is 2.21. The maximum Gasteiger partial charge on any atom is 0.154 e. The lowest BCUT2D eigenvalue weighted by Gasteiger charge is -2.00. The van der Waals surface area contributed by atoms with E-state index in [4.69, 9.17) is 0 Å². The molecule has 0 atom stereocenters. The van der Waals surface area contributed by atoms with E-state index in [0.717, 1.165) is 16.9 Å². The third kappa shape index (κ3) is 1.32. The summed E-state index contributed by atoms with van der Waals surface area (Å²) in [5.74, 6) is 0.255. The molecule has 1 N–H and O–H groups in total. The zero-order chi connectivity index (χ0) is 11.0. The number of aromatic hydroxyl groups is 1. The molecule has 4 nitrogen and oxygen atoms in total. The summed E-state index contributed by atoms with van der Waals surface area (Å²) >= 11 is 0. The molecule has 0 spiro atoms. The van der Waals surface area contributed by atoms with Gasteiger partial charge in [-0.05, 0) is 36.4 Å². The molecule has 0 bridgehead atoms. The molecule has 0 aliphatic carbocycles. The van der Waals surface area contributed by atoms with Crippen LogP contribution >= 0.6 is 0 Å². The van der Waals surface area contributed by atoms with Gasteiger partial charge in [0.15, 0.2) is 5.65 Å². The van der Waals surface area contributed by atoms with Gasteiger partial charge in [-0.3, -0.25) is 0 Å². The van der Waals surface area contributed by atoms with Crippen LogP contribution in [0.1, 0.15) is 0 Å². The Morgan fingerprint density at radius 2 is 1.88 bits per heavy atom. The Morgan fingerprint density at radius 3 is 2.69 bits per heavy atom. The van der Waals surface area contributed by atoms with Gasteiger partial charge in [0, 0.05) is 11.8 Å². The molecule has 78 valence electrons. The van der Waals surface area contributed by atoms with Crippen molar-refractivity contribution >= 4 is 5.65 Å². The monoisotopic (exact) mass is 211 g/mol. The number of hydrogen-bond donors (Lipinski definition) is 1. The highest BCUT2D eigenvalue weighted by Gasteiger charge is 2.05. The van der Waals surface area contributed by atoms with E-state index in [-0.39, 0.29) is 5.75 Å². The van der Waals surface area contributed by atoms with Crippen molar-refractivity contribution in [1.82, 2.24) is 14.6 Å². The number of aromatic nitrogens is 3. The Kier molecular flexibility index (Phi) is 1.86. The van der Waals surface area contributed by atoms with E-state index >= 15 is 0 Å². The Morgan fingerprint density at radius 1 is 1.06 bits per heavy atom. The number of phenolic OH excluding ortho intramolecular Hbond substituents is 1. The maximum absolute atomic E-state index is 9.23. The van der Waals surface area contributed by atoms with E-state index in [2.05, 4.69) is 10.1 Å². The number of fused-ring (bicyclic) bond motifs is 1. The SMILES string of the molecule is Oc1ccc(-c2cnc3cccnn23)cc1. The average molecular weight is 211 g/mol. The molecule has 16 heavy (non-hydrogen) atoms. The van der Waals surface area contributed by atoms with Crippen LogP contribution in [0.3, 0.4) is 0 Å². The van der Waals surface area contributed by atoms with Crippen molar-refractivity contribution < 1.29 is 5.11 Å². The third-order valence-electron chi connectivity index (χ3n) is 2.44. The number of phenols is 1. The van der Waals surface area contributed by atoms with E-state index in [1.807, 2.05) is 24.3 Å². The number of benzene rings is 1. The van der Waals surface area contributed by atoms with Crippen LogP contribution in [0.25, 0.3) is 16.9 Å². The first-order chi connectivity index (χ1) is 7.84. The number of nitrogens with zero attached hydrogens (tertiary/aromatic N) is 3. The summed E-state index contributed by atoms with van der Waals surface area (Å²) < 4.78 is 1.77. The van der Waals surface area contributed by atoms with Crippen molar-refractivity contribution in [3.05, 3.63) is 48.8 Å². The summed E-state index contributed by atoms with van der Waals surface area (Å²) in [4.78, 5) is 4.26. The highest BCUT2D eigenvalue weighted by molar-refractivity contribution is 5.63. The summed E-state index contributed by atoms with van der Waals surface area (Å²) in [6.45, 7) is 0. The molecule has 0 aliphatic heterocycles. The van der Waals surface area contributed by atoms with Gasteiger partial charge < -0.3 is 5.11 Å². The number of rotatable bonds is 1. The van der Waals surface area contributed by atoms with Crippen LogP contribution in [0.4, 0.5) is 0 Å². The van der Waals surface area contributed by atoms with E-state index in [0.29, 0.717) is 0 Å². The molecule has 4 heteroatoms. The summed E-state index contributed by atoms with van der Waals surface area (Å²) in [6, 6.07) is 10.7. The fraction of sp³-hybridized carbons (Fsp3) is 0. The predicted molar refractivity (Wildman–Crippen MR) is 60.1 cm³/mol. The second-order valence-electron chi connectivity index (χ2n) is 3.48. The first-order valence-electron chi connectivity index (χ1n) is 4.93. The van der Waals surface area contributed by atoms with Crippen LogP contribution in [-0.2, 0) is 0 Å². The van der Waals surface area contributed by atoms with Gasteiger partial charge >= 0.3 is 0 Å². The lowest BCUT2D eigenvalue weighted by Crippen LogP contribution is -1.92. The molecule has 1 aromatic carbocycles. The van der Waals surface area contributed by atoms with Crippen molar-refractivity contribution in [2.45, 2.75) is 0 Å². The molecule has 0 saturated carbocycles. The van der Waals surface area contributed by atoms with Crippen LogP contribution in [0, 0.1) is 0 Å². The highest BCUT2D eigenvalue weighted by atomic mass is 16.3. The zero-order valence-corrected chi connectivity index (χ0v) is 8.41. The van der Waals surface area contributed by atoms with Gasteiger partial charge in [-0.2, -0.15) is 5.10 Å². The van der Waals surface area contributed by atoms with Crippen LogP contribution in [0.2, 0.25) is 0 Å². The molecule has 0 aliphatic rings. The second-order valence-corrected chi connectivity index (χ2v) is 3.48. The van der Waals surface area contributed by atoms with Crippen LogP contribution < -0.4 is 0 Å². The van der Waals surface area contributed by atoms with E-state index in [1.54, 1.807) is 29.0 Å². The van der Waals surface area contributed by atoms with E-state index < -0.39 is 0 Å². The van der Waals surface area contributed by atoms with Crippen molar-refractivity contribution in [1.29, 1.82) is 0 Å². The normalized spacial score (nSPS) is 10.8. The van der Waals surface area contributed by atoms with Gasteiger partial charge in [-0.25, -0.2) is 9.50 Å². The molecule has 3 aromatic rings. The topological polar surface area (TPSA) is 50.4 Å². The first kappa shape index (κ1) is 8.91. The lowest BCUT2D eigenvalue weighted by molar-refractivity contribution is 0.475. The van der Waals surface area contributed by atoms with Crippen LogP contribution in [0.5, 0.6) is 5.75 Å². The predicted octanol–water partition coefficient (Wildman–Crippen LogP) is 2.10. The smallest absolute Gasteiger partial charge is 0.154 e. The quantitative estimate of drug-likeness (QED) is 0.670. The largest absolute Gasteiger partial charge is 0.508 e. The van der Waals surface area contributed by atoms with Crippen LogP contribution in [-0.4, -0.2) is 19.7 Å². The number of imidazole rings is 1. The minimum Gasteiger partial charge on any atom is -0.508 e. The maximum atomic E-state index is 9.23. The Balaban J connectivity index is 2.22. The minimum atomic E-state index is 0.255. The summed E-state index contributed by atoms with van der Waals surface area (Å²) in [5, 5.41) is 13.5. The van der Waals surface area contributed by atoms with Crippen molar-refractivity contribution in [2.24, 2.45) is 0 Å². The van der Waals surface area contributed by atoms with Crippen molar-refractivity contribution in [3.63, 3.8) is 0 Å². The summed E-state index contributed by atoms with van der Waals surface area (Å²) in [7, 11) is 0. The van der Waals surface area contributed by atoms with Crippen molar-refractivity contribution in [3.8, 4) is 17.0 Å². The molecular formula is C12H9N3O. The standard InChI is InChI=1S/C12H9N3O/c16-10-5-3-9(4-6-10)11-8-13-12-2-1-7-14-15(11)12/h1-8,16H. The minimum absolute atomic E-state index is 0.255. The van der Waals surface area contributed by atoms with E-state index in [9.17, 15) is 5.11 Å². The van der Waals surface area contributed by atoms with Gasteiger partial charge in [0.05, 0.1) is 11.9 Å². The first-order valence-corrected chi connectivity index (χ1v) is 4.93. The third-order valence-corrected chi connectivity index (χ3v) is 2.44. The molecule has 0 amide bonds. The van der Waals surface area contributed by atoms with Gasteiger partial charge in [0.1, 0.15) is 5.75 Å². The zero-order valence-electron chi connectivity index (χ0n) is 8.41. The molecule has 0 fully saturated rings. The van der Waals surface area contributed by atoms with Gasteiger partial charge in [0.25, 0.3) is 0 Å². The fourth-order valence-corrected chi connectivity index (χ4v) is 1.66. The van der Waals surface area contributed by atoms with E-state index in [1.165, 1.54) is 0 Å². The fourth-order valence-electron chi connectivity index (χ4n) is 1.66. The average Bonchev–Trinajstić information content (AvgIpc) is 2.74. The molecular weight excluding hydrogens is 202 g/mol. The lowest BCUT2D eigenvalue weighted by atomic mass is 10.2. The van der Waals surface area contributed by atoms with Crippen molar-refractivity contribution in [2.75, 3.05) is 0 Å². The molecule has 0 saturated heterocycles. The molecule has 0 radical (unpaired) electrons. The van der Waals surface area contributed by atoms with Gasteiger partial charge in [-0.1, -0.05) is 0 Å².